The van der Waals surface area contributed by atoms with E-state index < -0.39 is 0 Å². The molecule has 2 rings (SSSR count). The highest BCUT2D eigenvalue weighted by atomic mass is 16.5. The van der Waals surface area contributed by atoms with Crippen LogP contribution in [0.1, 0.15) is 30.8 Å². The Morgan fingerprint density at radius 1 is 1.19 bits per heavy atom. The molecule has 1 aromatic carbocycles. The summed E-state index contributed by atoms with van der Waals surface area (Å²) in [7, 11) is 1.61. The van der Waals surface area contributed by atoms with Gasteiger partial charge >= 0.3 is 0 Å². The predicted octanol–water partition coefficient (Wildman–Crippen LogP) is 2.47. The maximum atomic E-state index is 5.45. The number of nitrogens with two attached hydrogens (primary N) is 1. The first-order valence-electron chi connectivity index (χ1n) is 6.91. The Labute approximate surface area is 124 Å². The van der Waals surface area contributed by atoms with Gasteiger partial charge in [-0.3, -0.25) is 0 Å². The van der Waals surface area contributed by atoms with Crippen molar-refractivity contribution in [3.63, 3.8) is 0 Å². The number of hydrogen-bond donors (Lipinski definition) is 3. The van der Waals surface area contributed by atoms with Crippen molar-refractivity contribution >= 4 is 11.6 Å². The van der Waals surface area contributed by atoms with Crippen LogP contribution in [0.4, 0.5) is 11.6 Å². The summed E-state index contributed by atoms with van der Waals surface area (Å²) < 4.78 is 5.08. The molecule has 0 bridgehead atoms. The van der Waals surface area contributed by atoms with Crippen LogP contribution in [-0.2, 0) is 11.3 Å². The maximum absolute atomic E-state index is 5.45. The van der Waals surface area contributed by atoms with Gasteiger partial charge < -0.3 is 15.5 Å². The molecule has 0 aliphatic carbocycles. The summed E-state index contributed by atoms with van der Waals surface area (Å²) in [5, 5.41) is 3.42. The van der Waals surface area contributed by atoms with Gasteiger partial charge in [0, 0.05) is 13.2 Å². The minimum absolute atomic E-state index is 0.183. The largest absolute Gasteiger partial charge is 0.377 e. The summed E-state index contributed by atoms with van der Waals surface area (Å²) in [5.74, 6) is 7.31. The van der Waals surface area contributed by atoms with Crippen molar-refractivity contribution < 1.29 is 4.74 Å². The van der Waals surface area contributed by atoms with E-state index in [2.05, 4.69) is 39.8 Å². The third kappa shape index (κ3) is 4.14. The zero-order valence-corrected chi connectivity index (χ0v) is 12.3. The van der Waals surface area contributed by atoms with E-state index in [0.717, 1.165) is 12.2 Å². The number of anilines is 2. The normalized spacial score (nSPS) is 12.0. The molecule has 0 amide bonds. The predicted molar refractivity (Wildman–Crippen MR) is 83.7 cm³/mol. The summed E-state index contributed by atoms with van der Waals surface area (Å²) >= 11 is 0. The first-order valence-corrected chi connectivity index (χ1v) is 6.91. The van der Waals surface area contributed by atoms with Crippen LogP contribution in [-0.4, -0.2) is 17.1 Å². The zero-order valence-electron chi connectivity index (χ0n) is 12.3. The highest BCUT2D eigenvalue weighted by Gasteiger charge is 2.11. The molecule has 1 atom stereocenters. The lowest BCUT2D eigenvalue weighted by molar-refractivity contribution is 0.178. The van der Waals surface area contributed by atoms with Crippen LogP contribution in [0, 0.1) is 0 Å². The number of benzene rings is 1. The van der Waals surface area contributed by atoms with E-state index in [1.54, 1.807) is 13.2 Å². The molecular formula is C15H21N5O. The van der Waals surface area contributed by atoms with Gasteiger partial charge in [0.15, 0.2) is 5.82 Å². The van der Waals surface area contributed by atoms with Crippen LogP contribution in [0.15, 0.2) is 36.4 Å². The van der Waals surface area contributed by atoms with Gasteiger partial charge in [0.05, 0.1) is 6.04 Å². The molecular weight excluding hydrogens is 266 g/mol. The molecule has 4 N–H and O–H groups in total. The molecule has 0 aliphatic rings. The highest BCUT2D eigenvalue weighted by Crippen LogP contribution is 2.22. The average Bonchev–Trinajstić information content (AvgIpc) is 2.53. The number of nitrogens with zero attached hydrogens (tertiary/aromatic N) is 2. The topological polar surface area (TPSA) is 85.1 Å². The Balaban J connectivity index is 2.22. The molecule has 1 unspecified atom stereocenters. The van der Waals surface area contributed by atoms with Crippen LogP contribution < -0.4 is 16.6 Å². The van der Waals surface area contributed by atoms with Crippen LogP contribution in [0.5, 0.6) is 0 Å². The molecule has 0 radical (unpaired) electrons. The van der Waals surface area contributed by atoms with E-state index in [-0.39, 0.29) is 6.04 Å². The molecule has 2 aromatic rings. The summed E-state index contributed by atoms with van der Waals surface area (Å²) in [4.78, 5) is 8.68. The van der Waals surface area contributed by atoms with E-state index in [1.165, 1.54) is 5.56 Å². The van der Waals surface area contributed by atoms with E-state index in [9.17, 15) is 0 Å². The molecule has 6 heteroatoms. The van der Waals surface area contributed by atoms with Gasteiger partial charge in [-0.15, -0.1) is 0 Å². The molecule has 0 aliphatic heterocycles. The van der Waals surface area contributed by atoms with E-state index >= 15 is 0 Å². The minimum Gasteiger partial charge on any atom is -0.377 e. The van der Waals surface area contributed by atoms with Crippen molar-refractivity contribution in [2.75, 3.05) is 17.9 Å². The van der Waals surface area contributed by atoms with E-state index in [4.69, 9.17) is 10.6 Å². The second-order valence-electron chi connectivity index (χ2n) is 4.65. The molecule has 1 heterocycles. The quantitative estimate of drug-likeness (QED) is 0.536. The van der Waals surface area contributed by atoms with Crippen molar-refractivity contribution in [2.45, 2.75) is 26.0 Å². The summed E-state index contributed by atoms with van der Waals surface area (Å²) in [6.45, 7) is 2.47. The number of hydrogen-bond acceptors (Lipinski definition) is 6. The molecule has 6 nitrogen and oxygen atoms in total. The number of ether oxygens (including phenoxy) is 1. The monoisotopic (exact) mass is 287 g/mol. The maximum Gasteiger partial charge on any atom is 0.158 e. The lowest BCUT2D eigenvalue weighted by atomic mass is 10.0. The number of aromatic nitrogens is 2. The molecule has 0 spiro atoms. The molecule has 112 valence electrons. The first-order chi connectivity index (χ1) is 10.3. The molecule has 0 fully saturated rings. The number of nitrogen functional groups attached to an aromatic ring is 1. The summed E-state index contributed by atoms with van der Waals surface area (Å²) in [6.07, 6.45) is 0.943. The molecule has 21 heavy (non-hydrogen) atoms. The fourth-order valence-corrected chi connectivity index (χ4v) is 2.12. The van der Waals surface area contributed by atoms with Crippen LogP contribution in [0.25, 0.3) is 0 Å². The Kier molecular flexibility index (Phi) is 5.48. The second-order valence-corrected chi connectivity index (χ2v) is 4.65. The number of methoxy groups -OCH3 is 1. The van der Waals surface area contributed by atoms with Gasteiger partial charge in [0.25, 0.3) is 0 Å². The Bertz CT molecular complexity index is 561. The van der Waals surface area contributed by atoms with Crippen molar-refractivity contribution in [2.24, 2.45) is 5.84 Å². The van der Waals surface area contributed by atoms with Crippen LogP contribution >= 0.6 is 0 Å². The van der Waals surface area contributed by atoms with Crippen molar-refractivity contribution in [1.29, 1.82) is 0 Å². The van der Waals surface area contributed by atoms with Gasteiger partial charge in [0.2, 0.25) is 0 Å². The lowest BCUT2D eigenvalue weighted by Crippen LogP contribution is -2.15. The van der Waals surface area contributed by atoms with E-state index in [1.807, 2.05) is 18.2 Å². The highest BCUT2D eigenvalue weighted by molar-refractivity contribution is 5.48. The van der Waals surface area contributed by atoms with Crippen molar-refractivity contribution in [3.05, 3.63) is 47.8 Å². The second kappa shape index (κ2) is 7.56. The number of nitrogens with one attached hydrogen (secondary N) is 2. The Hall–Kier alpha value is -2.18. The average molecular weight is 287 g/mol. The van der Waals surface area contributed by atoms with Gasteiger partial charge in [-0.05, 0) is 12.0 Å². The summed E-state index contributed by atoms with van der Waals surface area (Å²) in [5.41, 5.74) is 3.77. The standard InChI is InChI=1S/C15H21N5O/c1-3-12(11-7-5-4-6-8-11)17-13-9-14(20-16)19-15(18-13)10-21-2/h4-9,12H,3,10,16H2,1-2H3,(H2,17,18,19,20). The third-order valence-electron chi connectivity index (χ3n) is 3.13. The van der Waals surface area contributed by atoms with Crippen LogP contribution in [0.2, 0.25) is 0 Å². The minimum atomic E-state index is 0.183. The smallest absolute Gasteiger partial charge is 0.158 e. The number of rotatable bonds is 7. The lowest BCUT2D eigenvalue weighted by Gasteiger charge is -2.19. The van der Waals surface area contributed by atoms with Gasteiger partial charge in [-0.1, -0.05) is 37.3 Å². The summed E-state index contributed by atoms with van der Waals surface area (Å²) in [6, 6.07) is 12.2. The van der Waals surface area contributed by atoms with E-state index in [0.29, 0.717) is 18.2 Å². The molecule has 0 saturated heterocycles. The fourth-order valence-electron chi connectivity index (χ4n) is 2.12. The molecule has 0 saturated carbocycles. The SMILES string of the molecule is CCC(Nc1cc(NN)nc(COC)n1)c1ccccc1. The zero-order chi connectivity index (χ0) is 15.1. The van der Waals surface area contributed by atoms with Gasteiger partial charge in [0.1, 0.15) is 18.2 Å². The van der Waals surface area contributed by atoms with Gasteiger partial charge in [-0.2, -0.15) is 0 Å². The Morgan fingerprint density at radius 3 is 2.52 bits per heavy atom. The van der Waals surface area contributed by atoms with Crippen molar-refractivity contribution in [1.82, 2.24) is 9.97 Å². The van der Waals surface area contributed by atoms with Crippen LogP contribution in [0.3, 0.4) is 0 Å². The number of hydrazine groups is 1. The fraction of sp³-hybridized carbons (Fsp3) is 0.333. The Morgan fingerprint density at radius 2 is 1.90 bits per heavy atom. The third-order valence-corrected chi connectivity index (χ3v) is 3.13. The first kappa shape index (κ1) is 15.2. The van der Waals surface area contributed by atoms with Crippen molar-refractivity contribution in [3.8, 4) is 0 Å². The molecule has 1 aromatic heterocycles. The van der Waals surface area contributed by atoms with Gasteiger partial charge in [-0.25, -0.2) is 15.8 Å².